The molecule has 1 aromatic heterocycles. The van der Waals surface area contributed by atoms with E-state index in [0.29, 0.717) is 4.77 Å². The number of aromatic nitrogens is 2. The van der Waals surface area contributed by atoms with Gasteiger partial charge < -0.3 is 4.98 Å². The molecular formula is C12H14AsN3O6S. The number of amides is 1. The molecule has 1 atom stereocenters. The van der Waals surface area contributed by atoms with Gasteiger partial charge in [-0.3, -0.25) is 9.78 Å². The van der Waals surface area contributed by atoms with Crippen LogP contribution < -0.4 is 15.2 Å². The molecule has 1 heterocycles. The van der Waals surface area contributed by atoms with Gasteiger partial charge in [0.15, 0.2) is 4.77 Å². The summed E-state index contributed by atoms with van der Waals surface area (Å²) in [5.74, 6) is -0.379. The zero-order valence-electron chi connectivity index (χ0n) is 11.8. The molecule has 23 heavy (non-hydrogen) atoms. The van der Waals surface area contributed by atoms with Crippen LogP contribution in [0.2, 0.25) is 0 Å². The second-order valence-corrected chi connectivity index (χ2v) is 8.04. The maximum absolute atomic E-state index is 11.4. The van der Waals surface area contributed by atoms with Crippen molar-refractivity contribution >= 4 is 42.3 Å². The standard InChI is InChI=1S/C8H10AsNO5.C4H4N2OS/c1-6(11)10-8-5-3-2-4-7(8)9(12,13)15-14;7-3-1-2-5-4(8)6-3/h2-5,14H,1H3,(H,10,11)(H,12,13);1-2H,(H2,5,6,7,8). The molecule has 1 amide bonds. The van der Waals surface area contributed by atoms with Crippen LogP contribution in [-0.4, -0.2) is 39.4 Å². The molecule has 0 aliphatic rings. The Morgan fingerprint density at radius 2 is 2.00 bits per heavy atom. The molecule has 124 valence electrons. The second-order valence-electron chi connectivity index (χ2n) is 4.10. The summed E-state index contributed by atoms with van der Waals surface area (Å²) in [4.78, 5) is 26.2. The Labute approximate surface area is 138 Å². The van der Waals surface area contributed by atoms with Crippen LogP contribution in [0.5, 0.6) is 0 Å². The van der Waals surface area contributed by atoms with Gasteiger partial charge in [-0.1, -0.05) is 0 Å². The van der Waals surface area contributed by atoms with Crippen molar-refractivity contribution in [2.45, 2.75) is 6.92 Å². The van der Waals surface area contributed by atoms with Crippen LogP contribution in [0.3, 0.4) is 0 Å². The molecule has 0 spiro atoms. The van der Waals surface area contributed by atoms with E-state index in [0.717, 1.165) is 0 Å². The Bertz CT molecular complexity index is 808. The van der Waals surface area contributed by atoms with Crippen LogP contribution in [0.1, 0.15) is 6.92 Å². The first-order valence-electron chi connectivity index (χ1n) is 6.07. The van der Waals surface area contributed by atoms with E-state index in [-0.39, 0.29) is 21.5 Å². The number of hydrogen-bond donors (Lipinski definition) is 5. The number of aromatic amines is 2. The molecule has 0 saturated heterocycles. The number of H-pyrrole nitrogens is 2. The van der Waals surface area contributed by atoms with Crippen molar-refractivity contribution in [2.24, 2.45) is 0 Å². The summed E-state index contributed by atoms with van der Waals surface area (Å²) in [6.07, 6.45) is 1.50. The van der Waals surface area contributed by atoms with Crippen molar-refractivity contribution in [2.75, 3.05) is 5.32 Å². The van der Waals surface area contributed by atoms with E-state index in [1.807, 2.05) is 0 Å². The third-order valence-corrected chi connectivity index (χ3v) is 5.10. The molecule has 5 N–H and O–H groups in total. The number of carbonyl (C=O) groups is 1. The molecule has 0 aliphatic carbocycles. The molecule has 0 aliphatic heterocycles. The SMILES string of the molecule is CC(=O)Nc1ccccc1[As](=O)(O)OO.O=c1cc[nH]c(=S)[nH]1. The maximum Gasteiger partial charge on any atom is 0.251 e. The summed E-state index contributed by atoms with van der Waals surface area (Å²) in [5.41, 5.74) is -0.0159. The smallest absolute Gasteiger partial charge is 0.251 e. The summed E-state index contributed by atoms with van der Waals surface area (Å²) in [6, 6.07) is 7.21. The summed E-state index contributed by atoms with van der Waals surface area (Å²) >= 11 is -0.336. The summed E-state index contributed by atoms with van der Waals surface area (Å²) in [7, 11) is 0. The zero-order valence-corrected chi connectivity index (χ0v) is 14.5. The van der Waals surface area contributed by atoms with Crippen molar-refractivity contribution in [1.29, 1.82) is 0 Å². The van der Waals surface area contributed by atoms with Gasteiger partial charge in [-0.15, -0.1) is 0 Å². The van der Waals surface area contributed by atoms with Gasteiger partial charge in [-0.25, -0.2) is 0 Å². The quantitative estimate of drug-likeness (QED) is 0.212. The fourth-order valence-corrected chi connectivity index (χ4v) is 3.28. The van der Waals surface area contributed by atoms with E-state index >= 15 is 0 Å². The van der Waals surface area contributed by atoms with E-state index in [1.165, 1.54) is 37.4 Å². The maximum atomic E-state index is 11.4. The van der Waals surface area contributed by atoms with Crippen LogP contribution in [0.25, 0.3) is 0 Å². The van der Waals surface area contributed by atoms with Gasteiger partial charge >= 0.3 is 88.4 Å². The Kier molecular flexibility index (Phi) is 7.14. The van der Waals surface area contributed by atoms with Crippen molar-refractivity contribution in [3.05, 3.63) is 51.7 Å². The molecule has 11 heteroatoms. The largest absolute Gasteiger partial charge is 0.339 e. The summed E-state index contributed by atoms with van der Waals surface area (Å²) in [6.45, 7) is 1.27. The first-order valence-corrected chi connectivity index (χ1v) is 9.79. The number of anilines is 1. The summed E-state index contributed by atoms with van der Waals surface area (Å²) < 4.78 is 24.5. The molecule has 2 aromatic rings. The predicted molar refractivity (Wildman–Crippen MR) is 85.0 cm³/mol. The fraction of sp³-hybridized carbons (Fsp3) is 0.0833. The van der Waals surface area contributed by atoms with Gasteiger partial charge in [0.2, 0.25) is 0 Å². The van der Waals surface area contributed by atoms with Crippen LogP contribution in [0.15, 0.2) is 41.3 Å². The summed E-state index contributed by atoms with van der Waals surface area (Å²) in [5, 5.41) is 10.7. The Balaban J connectivity index is 0.000000277. The first-order chi connectivity index (χ1) is 10.8. The van der Waals surface area contributed by atoms with Crippen LogP contribution in [0, 0.1) is 4.77 Å². The van der Waals surface area contributed by atoms with Crippen molar-refractivity contribution in [3.8, 4) is 0 Å². The molecule has 0 fully saturated rings. The van der Waals surface area contributed by atoms with Crippen molar-refractivity contribution < 1.29 is 21.8 Å². The van der Waals surface area contributed by atoms with Gasteiger partial charge in [-0.2, -0.15) is 0 Å². The molecule has 9 nitrogen and oxygen atoms in total. The van der Waals surface area contributed by atoms with Gasteiger partial charge in [-0.05, 0) is 12.2 Å². The predicted octanol–water partition coefficient (Wildman–Crippen LogP) is 0.136. The molecular weight excluding hydrogens is 389 g/mol. The van der Waals surface area contributed by atoms with Crippen molar-refractivity contribution in [1.82, 2.24) is 9.97 Å². The molecule has 1 aromatic carbocycles. The monoisotopic (exact) mass is 403 g/mol. The van der Waals surface area contributed by atoms with Gasteiger partial charge in [0.25, 0.3) is 5.56 Å². The molecule has 2 rings (SSSR count). The average Bonchev–Trinajstić information content (AvgIpc) is 2.47. The van der Waals surface area contributed by atoms with Crippen LogP contribution >= 0.6 is 12.2 Å². The number of carbonyl (C=O) groups excluding carboxylic acids is 1. The van der Waals surface area contributed by atoms with Crippen molar-refractivity contribution in [3.63, 3.8) is 0 Å². The first kappa shape index (κ1) is 19.1. The number of nitrogens with one attached hydrogen (secondary N) is 3. The second kappa shape index (κ2) is 8.61. The zero-order chi connectivity index (χ0) is 17.5. The van der Waals surface area contributed by atoms with E-state index in [9.17, 15) is 17.4 Å². The van der Waals surface area contributed by atoms with Gasteiger partial charge in [0.1, 0.15) is 0 Å². The average molecular weight is 403 g/mol. The normalized spacial score (nSPS) is 12.5. The number of hydrogen-bond acceptors (Lipinski definition) is 6. The van der Waals surface area contributed by atoms with E-state index in [4.69, 9.17) is 5.26 Å². The van der Waals surface area contributed by atoms with E-state index < -0.39 is 14.2 Å². The molecule has 0 bridgehead atoms. The Morgan fingerprint density at radius 1 is 1.35 bits per heavy atom. The number of rotatable bonds is 3. The molecule has 0 saturated carbocycles. The molecule has 1 unspecified atom stereocenters. The van der Waals surface area contributed by atoms with Crippen LogP contribution in [0.4, 0.5) is 5.69 Å². The minimum atomic E-state index is -4.92. The van der Waals surface area contributed by atoms with Gasteiger partial charge in [0, 0.05) is 12.3 Å². The van der Waals surface area contributed by atoms with E-state index in [1.54, 1.807) is 6.07 Å². The minimum Gasteiger partial charge on any atom is -0.339 e. The Morgan fingerprint density at radius 3 is 2.48 bits per heavy atom. The van der Waals surface area contributed by atoms with E-state index in [2.05, 4.69) is 31.4 Å². The Hall–Kier alpha value is -1.97. The number of benzene rings is 1. The topological polar surface area (TPSA) is 145 Å². The fourth-order valence-electron chi connectivity index (χ4n) is 1.44. The molecule has 0 radical (unpaired) electrons. The number of para-hydroxylation sites is 1. The third kappa shape index (κ3) is 6.35. The van der Waals surface area contributed by atoms with Gasteiger partial charge in [0.05, 0.1) is 0 Å². The minimum absolute atomic E-state index is 0.103. The van der Waals surface area contributed by atoms with Crippen LogP contribution in [-0.2, 0) is 12.4 Å². The third-order valence-electron chi connectivity index (χ3n) is 2.32.